The summed E-state index contributed by atoms with van der Waals surface area (Å²) in [6.45, 7) is 7.31. The van der Waals surface area contributed by atoms with Gasteiger partial charge in [-0.05, 0) is 49.5 Å². The van der Waals surface area contributed by atoms with Gasteiger partial charge in [0.2, 0.25) is 0 Å². The molecule has 0 atom stereocenters. The minimum Gasteiger partial charge on any atom is -0.296 e. The highest BCUT2D eigenvalue weighted by atomic mass is 32.2. The standard InChI is InChI=1S/C25H30N4OS/c1-19(2)20-11-13-21(14-12-20)23(30)18-31-25-27-26-24(17-28-15-7-4-8-16-28)29(25)22-9-5-3-6-10-22/h3,5-6,9-14,19H,4,7-8,15-18H2,1-2H3. The quantitative estimate of drug-likeness (QED) is 0.353. The maximum absolute atomic E-state index is 12.8. The Balaban J connectivity index is 1.51. The maximum Gasteiger partial charge on any atom is 0.196 e. The molecule has 1 fully saturated rings. The van der Waals surface area contributed by atoms with E-state index in [-0.39, 0.29) is 5.78 Å². The van der Waals surface area contributed by atoms with Crippen LogP contribution in [0, 0.1) is 0 Å². The second-order valence-corrected chi connectivity index (χ2v) is 9.34. The van der Waals surface area contributed by atoms with Gasteiger partial charge >= 0.3 is 0 Å². The maximum atomic E-state index is 12.8. The number of nitrogens with zero attached hydrogens (tertiary/aromatic N) is 4. The van der Waals surface area contributed by atoms with Gasteiger partial charge in [-0.1, -0.05) is 74.5 Å². The first-order chi connectivity index (χ1) is 15.1. The Kier molecular flexibility index (Phi) is 7.20. The Morgan fingerprint density at radius 3 is 2.35 bits per heavy atom. The molecule has 1 aliphatic heterocycles. The lowest BCUT2D eigenvalue weighted by molar-refractivity contribution is 0.102. The molecule has 0 bridgehead atoms. The molecule has 0 saturated carbocycles. The molecule has 2 aromatic carbocycles. The summed E-state index contributed by atoms with van der Waals surface area (Å²) in [7, 11) is 0. The molecule has 1 aromatic heterocycles. The summed E-state index contributed by atoms with van der Waals surface area (Å²) in [4.78, 5) is 15.2. The van der Waals surface area contributed by atoms with Crippen molar-refractivity contribution < 1.29 is 4.79 Å². The van der Waals surface area contributed by atoms with Crippen LogP contribution in [-0.4, -0.2) is 44.3 Å². The smallest absolute Gasteiger partial charge is 0.196 e. The normalized spacial score (nSPS) is 14.8. The third-order valence-corrected chi connectivity index (χ3v) is 6.69. The monoisotopic (exact) mass is 434 g/mol. The number of Topliss-reactive ketones (excluding diaryl/α,β-unsaturated/α-hetero) is 1. The van der Waals surface area contributed by atoms with Gasteiger partial charge < -0.3 is 0 Å². The van der Waals surface area contributed by atoms with E-state index >= 15 is 0 Å². The van der Waals surface area contributed by atoms with Crippen LogP contribution in [0.1, 0.15) is 60.8 Å². The summed E-state index contributed by atoms with van der Waals surface area (Å²) in [5.41, 5.74) is 3.03. The van der Waals surface area contributed by atoms with E-state index in [0.29, 0.717) is 11.7 Å². The number of hydrogen-bond donors (Lipinski definition) is 0. The van der Waals surface area contributed by atoms with Crippen LogP contribution in [0.3, 0.4) is 0 Å². The Labute approximate surface area is 188 Å². The van der Waals surface area contributed by atoms with Crippen LogP contribution in [0.25, 0.3) is 5.69 Å². The Morgan fingerprint density at radius 2 is 1.68 bits per heavy atom. The number of piperidine rings is 1. The highest BCUT2D eigenvalue weighted by Gasteiger charge is 2.19. The number of para-hydroxylation sites is 1. The predicted molar refractivity (Wildman–Crippen MR) is 126 cm³/mol. The fourth-order valence-electron chi connectivity index (χ4n) is 3.92. The van der Waals surface area contributed by atoms with Crippen molar-refractivity contribution in [3.63, 3.8) is 0 Å². The molecule has 4 rings (SSSR count). The second kappa shape index (κ2) is 10.2. The Hall–Kier alpha value is -2.44. The van der Waals surface area contributed by atoms with Gasteiger partial charge in [0, 0.05) is 11.3 Å². The third kappa shape index (κ3) is 5.43. The van der Waals surface area contributed by atoms with Crippen molar-refractivity contribution in [3.05, 3.63) is 71.5 Å². The fourth-order valence-corrected chi connectivity index (χ4v) is 4.78. The highest BCUT2D eigenvalue weighted by molar-refractivity contribution is 7.99. The number of rotatable bonds is 8. The molecule has 162 valence electrons. The van der Waals surface area contributed by atoms with Gasteiger partial charge in [0.15, 0.2) is 16.8 Å². The average molecular weight is 435 g/mol. The number of likely N-dealkylation sites (tertiary alicyclic amines) is 1. The number of carbonyl (C=O) groups excluding carboxylic acids is 1. The molecule has 0 radical (unpaired) electrons. The van der Waals surface area contributed by atoms with E-state index in [1.54, 1.807) is 0 Å². The zero-order valence-electron chi connectivity index (χ0n) is 18.3. The van der Waals surface area contributed by atoms with Gasteiger partial charge in [-0.15, -0.1) is 10.2 Å². The SMILES string of the molecule is CC(C)c1ccc(C(=O)CSc2nnc(CN3CCCCC3)n2-c2ccccc2)cc1. The number of benzene rings is 2. The van der Waals surface area contributed by atoms with E-state index < -0.39 is 0 Å². The lowest BCUT2D eigenvalue weighted by Gasteiger charge is -2.26. The van der Waals surface area contributed by atoms with E-state index in [2.05, 4.69) is 45.6 Å². The number of ketones is 1. The fraction of sp³-hybridized carbons (Fsp3) is 0.400. The predicted octanol–water partition coefficient (Wildman–Crippen LogP) is 5.35. The van der Waals surface area contributed by atoms with Gasteiger partial charge in [-0.25, -0.2) is 0 Å². The van der Waals surface area contributed by atoms with Crippen LogP contribution < -0.4 is 0 Å². The van der Waals surface area contributed by atoms with Gasteiger partial charge in [-0.2, -0.15) is 0 Å². The zero-order valence-corrected chi connectivity index (χ0v) is 19.1. The molecule has 0 N–H and O–H groups in total. The van der Waals surface area contributed by atoms with Crippen LogP contribution in [0.2, 0.25) is 0 Å². The van der Waals surface area contributed by atoms with Gasteiger partial charge in [0.1, 0.15) is 0 Å². The summed E-state index contributed by atoms with van der Waals surface area (Å²) in [6, 6.07) is 18.2. The van der Waals surface area contributed by atoms with Gasteiger partial charge in [-0.3, -0.25) is 14.3 Å². The molecule has 0 spiro atoms. The lowest BCUT2D eigenvalue weighted by Crippen LogP contribution is -2.30. The molecule has 0 aliphatic carbocycles. The first-order valence-electron chi connectivity index (χ1n) is 11.1. The van der Waals surface area contributed by atoms with E-state index in [9.17, 15) is 4.79 Å². The van der Waals surface area contributed by atoms with Crippen LogP contribution >= 0.6 is 11.8 Å². The number of aromatic nitrogens is 3. The molecular weight excluding hydrogens is 404 g/mol. The summed E-state index contributed by atoms with van der Waals surface area (Å²) in [6.07, 6.45) is 3.79. The van der Waals surface area contributed by atoms with E-state index in [4.69, 9.17) is 0 Å². The van der Waals surface area contributed by atoms with Crippen molar-refractivity contribution in [3.8, 4) is 5.69 Å². The van der Waals surface area contributed by atoms with E-state index in [1.165, 1.54) is 36.6 Å². The van der Waals surface area contributed by atoms with E-state index in [0.717, 1.165) is 41.9 Å². The molecule has 1 saturated heterocycles. The summed E-state index contributed by atoms with van der Waals surface area (Å²) in [5, 5.41) is 9.73. The Morgan fingerprint density at radius 1 is 0.968 bits per heavy atom. The van der Waals surface area contributed by atoms with Gasteiger partial charge in [0.05, 0.1) is 12.3 Å². The average Bonchev–Trinajstić information content (AvgIpc) is 3.21. The van der Waals surface area contributed by atoms with Crippen LogP contribution in [0.4, 0.5) is 0 Å². The minimum atomic E-state index is 0.112. The molecular formula is C25H30N4OS. The first-order valence-corrected chi connectivity index (χ1v) is 12.1. The van der Waals surface area contributed by atoms with Crippen molar-refractivity contribution in [2.24, 2.45) is 0 Å². The highest BCUT2D eigenvalue weighted by Crippen LogP contribution is 2.25. The van der Waals surface area contributed by atoms with Crippen LogP contribution in [0.15, 0.2) is 59.8 Å². The molecule has 3 aromatic rings. The van der Waals surface area contributed by atoms with Crippen molar-refractivity contribution in [2.75, 3.05) is 18.8 Å². The first kappa shape index (κ1) is 21.8. The molecule has 0 amide bonds. The van der Waals surface area contributed by atoms with Crippen molar-refractivity contribution in [1.29, 1.82) is 0 Å². The topological polar surface area (TPSA) is 51.0 Å². The van der Waals surface area contributed by atoms with Gasteiger partial charge in [0.25, 0.3) is 0 Å². The van der Waals surface area contributed by atoms with E-state index in [1.807, 2.05) is 42.5 Å². The van der Waals surface area contributed by atoms with Crippen LogP contribution in [0.5, 0.6) is 0 Å². The molecule has 6 heteroatoms. The van der Waals surface area contributed by atoms with Crippen LogP contribution in [-0.2, 0) is 6.54 Å². The molecule has 5 nitrogen and oxygen atoms in total. The molecule has 2 heterocycles. The molecule has 1 aliphatic rings. The third-order valence-electron chi connectivity index (χ3n) is 5.76. The van der Waals surface area contributed by atoms with Crippen molar-refractivity contribution >= 4 is 17.5 Å². The largest absolute Gasteiger partial charge is 0.296 e. The number of hydrogen-bond acceptors (Lipinski definition) is 5. The molecule has 0 unspecified atom stereocenters. The van der Waals surface area contributed by atoms with Crippen molar-refractivity contribution in [2.45, 2.75) is 50.7 Å². The lowest BCUT2D eigenvalue weighted by atomic mass is 10.0. The minimum absolute atomic E-state index is 0.112. The van der Waals surface area contributed by atoms with Crippen molar-refractivity contribution in [1.82, 2.24) is 19.7 Å². The summed E-state index contributed by atoms with van der Waals surface area (Å²) < 4.78 is 2.11. The summed E-state index contributed by atoms with van der Waals surface area (Å²) >= 11 is 1.46. The Bertz CT molecular complexity index is 992. The number of thioether (sulfide) groups is 1. The summed E-state index contributed by atoms with van der Waals surface area (Å²) in [5.74, 6) is 1.85. The zero-order chi connectivity index (χ0) is 21.6. The molecule has 31 heavy (non-hydrogen) atoms. The second-order valence-electron chi connectivity index (χ2n) is 8.40. The number of carbonyl (C=O) groups is 1.